The predicted molar refractivity (Wildman–Crippen MR) is 128 cm³/mol. The van der Waals surface area contributed by atoms with E-state index in [-0.39, 0.29) is 5.91 Å². The van der Waals surface area contributed by atoms with Gasteiger partial charge in [0, 0.05) is 23.6 Å². The first-order valence-electron chi connectivity index (χ1n) is 10.5. The molecule has 0 aliphatic rings. The molecule has 0 saturated carbocycles. The number of thiazole rings is 1. The number of benzene rings is 2. The van der Waals surface area contributed by atoms with E-state index in [2.05, 4.69) is 13.8 Å². The highest BCUT2D eigenvalue weighted by atomic mass is 32.1. The van der Waals surface area contributed by atoms with Gasteiger partial charge >= 0.3 is 0 Å². The molecule has 1 heterocycles. The van der Waals surface area contributed by atoms with Gasteiger partial charge in [0.05, 0.1) is 19.4 Å². The summed E-state index contributed by atoms with van der Waals surface area (Å²) in [6, 6.07) is 15.5. The first-order chi connectivity index (χ1) is 15.1. The van der Waals surface area contributed by atoms with Crippen molar-refractivity contribution in [3.63, 3.8) is 0 Å². The third kappa shape index (κ3) is 6.18. The molecule has 3 aromatic rings. The number of rotatable bonds is 10. The Morgan fingerprint density at radius 3 is 2.39 bits per heavy atom. The van der Waals surface area contributed by atoms with Crippen LogP contribution in [0, 0.1) is 0 Å². The Hall–Kier alpha value is -3.12. The molecule has 1 aromatic heterocycles. The lowest BCUT2D eigenvalue weighted by Crippen LogP contribution is -2.29. The van der Waals surface area contributed by atoms with Gasteiger partial charge in [0.25, 0.3) is 5.91 Å². The van der Waals surface area contributed by atoms with E-state index in [1.54, 1.807) is 18.1 Å². The smallest absolute Gasteiger partial charge is 0.252 e. The van der Waals surface area contributed by atoms with Crippen LogP contribution >= 0.6 is 11.3 Å². The van der Waals surface area contributed by atoms with Crippen molar-refractivity contribution in [3.05, 3.63) is 65.6 Å². The zero-order valence-corrected chi connectivity index (χ0v) is 19.0. The van der Waals surface area contributed by atoms with Crippen LogP contribution in [0.1, 0.15) is 32.3 Å². The Labute approximate surface area is 188 Å². The number of hydrogen-bond donors (Lipinski definition) is 0. The van der Waals surface area contributed by atoms with Gasteiger partial charge in [0.2, 0.25) is 0 Å². The van der Waals surface area contributed by atoms with Gasteiger partial charge < -0.3 is 9.47 Å². The maximum Gasteiger partial charge on any atom is 0.252 e. The van der Waals surface area contributed by atoms with Crippen molar-refractivity contribution < 1.29 is 14.3 Å². The lowest BCUT2D eigenvalue weighted by molar-refractivity contribution is -0.114. The topological polar surface area (TPSA) is 51.7 Å². The van der Waals surface area contributed by atoms with Crippen molar-refractivity contribution in [3.8, 4) is 22.8 Å². The molecule has 5 nitrogen and oxygen atoms in total. The van der Waals surface area contributed by atoms with Crippen LogP contribution in [-0.2, 0) is 4.79 Å². The molecule has 1 amide bonds. The maximum atomic E-state index is 12.9. The van der Waals surface area contributed by atoms with Crippen molar-refractivity contribution in [1.82, 2.24) is 4.98 Å². The van der Waals surface area contributed by atoms with Crippen LogP contribution in [0.4, 0.5) is 5.13 Å². The lowest BCUT2D eigenvalue weighted by atomic mass is 10.2. The van der Waals surface area contributed by atoms with Crippen molar-refractivity contribution >= 4 is 28.5 Å². The Balaban J connectivity index is 1.71. The van der Waals surface area contributed by atoms with E-state index in [1.165, 1.54) is 11.3 Å². The van der Waals surface area contributed by atoms with Gasteiger partial charge in [0.1, 0.15) is 11.5 Å². The summed E-state index contributed by atoms with van der Waals surface area (Å²) in [5.74, 6) is 1.56. The molecule has 3 rings (SSSR count). The van der Waals surface area contributed by atoms with Crippen molar-refractivity contribution in [2.75, 3.05) is 25.2 Å². The van der Waals surface area contributed by atoms with E-state index in [0.717, 1.165) is 41.2 Å². The van der Waals surface area contributed by atoms with Gasteiger partial charge in [-0.3, -0.25) is 9.69 Å². The Bertz CT molecular complexity index is 994. The predicted octanol–water partition coefficient (Wildman–Crippen LogP) is 6.06. The molecule has 0 bridgehead atoms. The molecule has 162 valence electrons. The minimum atomic E-state index is -0.0798. The minimum absolute atomic E-state index is 0.0798. The highest BCUT2D eigenvalue weighted by Crippen LogP contribution is 2.29. The van der Waals surface area contributed by atoms with Gasteiger partial charge in [-0.15, -0.1) is 11.3 Å². The summed E-state index contributed by atoms with van der Waals surface area (Å²) in [4.78, 5) is 19.3. The second kappa shape index (κ2) is 11.3. The third-order valence-corrected chi connectivity index (χ3v) is 5.46. The van der Waals surface area contributed by atoms with Gasteiger partial charge in [-0.1, -0.05) is 26.0 Å². The highest BCUT2D eigenvalue weighted by Gasteiger charge is 2.17. The van der Waals surface area contributed by atoms with Crippen LogP contribution in [0.5, 0.6) is 11.5 Å². The number of anilines is 1. The number of carbonyl (C=O) groups excluding carboxylic acids is 1. The molecule has 31 heavy (non-hydrogen) atoms. The van der Waals surface area contributed by atoms with Crippen LogP contribution in [0.25, 0.3) is 17.3 Å². The Morgan fingerprint density at radius 2 is 1.74 bits per heavy atom. The van der Waals surface area contributed by atoms with Crippen molar-refractivity contribution in [1.29, 1.82) is 0 Å². The molecule has 0 saturated heterocycles. The fourth-order valence-electron chi connectivity index (χ4n) is 2.96. The van der Waals surface area contributed by atoms with Crippen LogP contribution < -0.4 is 14.4 Å². The van der Waals surface area contributed by atoms with Gasteiger partial charge in [0.15, 0.2) is 5.13 Å². The summed E-state index contributed by atoms with van der Waals surface area (Å²) in [5.41, 5.74) is 2.79. The summed E-state index contributed by atoms with van der Waals surface area (Å²) in [7, 11) is 1.65. The minimum Gasteiger partial charge on any atom is -0.497 e. The monoisotopic (exact) mass is 436 g/mol. The number of hydrogen-bond acceptors (Lipinski definition) is 5. The number of methoxy groups -OCH3 is 1. The highest BCUT2D eigenvalue weighted by molar-refractivity contribution is 7.14. The Morgan fingerprint density at radius 1 is 1.03 bits per heavy atom. The van der Waals surface area contributed by atoms with Crippen LogP contribution in [0.3, 0.4) is 0 Å². The fraction of sp³-hybridized carbons (Fsp3) is 0.280. The summed E-state index contributed by atoms with van der Waals surface area (Å²) in [6.07, 6.45) is 5.25. The molecule has 2 aromatic carbocycles. The first-order valence-corrected chi connectivity index (χ1v) is 11.3. The third-order valence-electron chi connectivity index (χ3n) is 4.59. The van der Waals surface area contributed by atoms with E-state index >= 15 is 0 Å². The molecule has 0 N–H and O–H groups in total. The average Bonchev–Trinajstić information content (AvgIpc) is 3.30. The van der Waals surface area contributed by atoms with Crippen LogP contribution in [0.2, 0.25) is 0 Å². The molecule has 0 aliphatic heterocycles. The molecule has 0 aliphatic carbocycles. The van der Waals surface area contributed by atoms with Crippen LogP contribution in [-0.4, -0.2) is 31.2 Å². The number of amides is 1. The van der Waals surface area contributed by atoms with Gasteiger partial charge in [-0.25, -0.2) is 4.98 Å². The van der Waals surface area contributed by atoms with E-state index in [4.69, 9.17) is 14.5 Å². The second-order valence-electron chi connectivity index (χ2n) is 6.98. The Kier molecular flexibility index (Phi) is 8.24. The summed E-state index contributed by atoms with van der Waals surface area (Å²) in [5, 5.41) is 2.68. The average molecular weight is 437 g/mol. The summed E-state index contributed by atoms with van der Waals surface area (Å²) >= 11 is 1.47. The largest absolute Gasteiger partial charge is 0.497 e. The quantitative estimate of drug-likeness (QED) is 0.362. The maximum absolute atomic E-state index is 12.9. The lowest BCUT2D eigenvalue weighted by Gasteiger charge is -2.17. The molecule has 0 radical (unpaired) electrons. The van der Waals surface area contributed by atoms with E-state index in [0.29, 0.717) is 18.3 Å². The van der Waals surface area contributed by atoms with E-state index < -0.39 is 0 Å². The fourth-order valence-corrected chi connectivity index (χ4v) is 3.82. The zero-order chi connectivity index (χ0) is 22.1. The van der Waals surface area contributed by atoms with Crippen molar-refractivity contribution in [2.45, 2.75) is 26.7 Å². The summed E-state index contributed by atoms with van der Waals surface area (Å²) < 4.78 is 10.8. The molecule has 6 heteroatoms. The van der Waals surface area contributed by atoms with Crippen LogP contribution in [0.15, 0.2) is 60.0 Å². The SMILES string of the molecule is CCCOc1ccc(/C=C/C(=O)N(CCC)c2nc(-c3ccc(OC)cc3)cs2)cc1. The molecule has 0 unspecified atom stereocenters. The number of nitrogens with zero attached hydrogens (tertiary/aromatic N) is 2. The molecule has 0 atom stereocenters. The first kappa shape index (κ1) is 22.6. The number of ether oxygens (including phenoxy) is 2. The zero-order valence-electron chi connectivity index (χ0n) is 18.2. The van der Waals surface area contributed by atoms with E-state index in [9.17, 15) is 4.79 Å². The van der Waals surface area contributed by atoms with Gasteiger partial charge in [-0.2, -0.15) is 0 Å². The molecule has 0 fully saturated rings. The molecule has 0 spiro atoms. The van der Waals surface area contributed by atoms with Gasteiger partial charge in [-0.05, 0) is 60.9 Å². The van der Waals surface area contributed by atoms with E-state index in [1.807, 2.05) is 60.0 Å². The molecular weight excluding hydrogens is 408 g/mol. The summed E-state index contributed by atoms with van der Waals surface area (Å²) in [6.45, 7) is 5.44. The standard InChI is InChI=1S/C25H28N2O3S/c1-4-16-27(24(28)15-8-19-6-11-22(12-7-19)30-17-5-2)25-26-23(18-31-25)20-9-13-21(29-3)14-10-20/h6-15,18H,4-5,16-17H2,1-3H3/b15-8+. The molecular formula is C25H28N2O3S. The van der Waals surface area contributed by atoms with Crippen molar-refractivity contribution in [2.24, 2.45) is 0 Å². The second-order valence-corrected chi connectivity index (χ2v) is 7.82. The number of carbonyl (C=O) groups is 1. The number of aromatic nitrogens is 1. The normalized spacial score (nSPS) is 10.9.